The minimum atomic E-state index is -0.967. The van der Waals surface area contributed by atoms with Crippen LogP contribution in [0.2, 0.25) is 13.3 Å². The summed E-state index contributed by atoms with van der Waals surface area (Å²) >= 11 is -0.967. The van der Waals surface area contributed by atoms with Crippen molar-refractivity contribution < 1.29 is 0 Å². The Bertz CT molecular complexity index is 331. The Hall–Kier alpha value is 0.0187. The molecule has 1 rings (SSSR count). The van der Waals surface area contributed by atoms with Crippen molar-refractivity contribution in [1.82, 2.24) is 0 Å². The van der Waals surface area contributed by atoms with E-state index in [4.69, 9.17) is 0 Å². The fraction of sp³-hybridized carbons (Fsp3) is 0.727. The maximum atomic E-state index is 2.34. The summed E-state index contributed by atoms with van der Waals surface area (Å²) in [5, 5.41) is 0. The number of hydrogen-bond acceptors (Lipinski definition) is 0. The van der Waals surface area contributed by atoms with E-state index in [1.807, 2.05) is 0 Å². The van der Waals surface area contributed by atoms with Crippen molar-refractivity contribution in [3.8, 4) is 0 Å². The SMILES string of the molecule is CC(C)(C)c1ccccc1.CCC[CH2][SnH]([CH2]CCC)[CH2]CCC. The van der Waals surface area contributed by atoms with Crippen molar-refractivity contribution in [1.29, 1.82) is 0 Å². The number of rotatable bonds is 9. The molecule has 0 saturated heterocycles. The Kier molecular flexibility index (Phi) is 14.4. The average Bonchev–Trinajstić information content (AvgIpc) is 2.55. The van der Waals surface area contributed by atoms with E-state index in [0.29, 0.717) is 5.41 Å². The van der Waals surface area contributed by atoms with E-state index < -0.39 is 19.8 Å². The third kappa shape index (κ3) is 13.0. The molecule has 0 spiro atoms. The van der Waals surface area contributed by atoms with Crippen molar-refractivity contribution in [2.75, 3.05) is 0 Å². The van der Waals surface area contributed by atoms with Crippen molar-refractivity contribution in [2.24, 2.45) is 0 Å². The molecule has 0 aliphatic rings. The molecule has 0 radical (unpaired) electrons. The molecule has 134 valence electrons. The molecule has 0 aliphatic heterocycles. The van der Waals surface area contributed by atoms with Gasteiger partial charge in [0, 0.05) is 0 Å². The predicted octanol–water partition coefficient (Wildman–Crippen LogP) is 7.60. The molecule has 1 aromatic carbocycles. The summed E-state index contributed by atoms with van der Waals surface area (Å²) in [6.45, 7) is 13.7. The Labute approximate surface area is 154 Å². The molecule has 1 aromatic rings. The summed E-state index contributed by atoms with van der Waals surface area (Å²) in [6.07, 6.45) is 8.87. The standard InChI is InChI=1S/C10H14.3C4H9.Sn.H/c1-10(2,3)9-7-5-4-6-8-9;3*1-3-4-2;;/h4-8H,1-3H3;3*1,3-4H2,2H3;;. The Morgan fingerprint density at radius 1 is 0.696 bits per heavy atom. The third-order valence-corrected chi connectivity index (χ3v) is 15.0. The van der Waals surface area contributed by atoms with Crippen LogP contribution in [-0.2, 0) is 5.41 Å². The molecule has 1 heteroatoms. The zero-order valence-corrected chi connectivity index (χ0v) is 20.1. The molecule has 0 aliphatic carbocycles. The minimum absolute atomic E-state index is 0.293. The molecule has 0 unspecified atom stereocenters. The van der Waals surface area contributed by atoms with Crippen molar-refractivity contribution in [2.45, 2.75) is 98.8 Å². The van der Waals surface area contributed by atoms with E-state index in [1.165, 1.54) is 44.1 Å². The summed E-state index contributed by atoms with van der Waals surface area (Å²) < 4.78 is 5.08. The number of hydrogen-bond donors (Lipinski definition) is 0. The van der Waals surface area contributed by atoms with Crippen molar-refractivity contribution >= 4 is 19.8 Å². The number of benzene rings is 1. The zero-order valence-electron chi connectivity index (χ0n) is 16.8. The quantitative estimate of drug-likeness (QED) is 0.358. The van der Waals surface area contributed by atoms with Gasteiger partial charge in [0.1, 0.15) is 0 Å². The second-order valence-electron chi connectivity index (χ2n) is 7.91. The van der Waals surface area contributed by atoms with Gasteiger partial charge in [-0.1, -0.05) is 51.1 Å². The molecule has 0 bridgehead atoms. The molecular weight excluding hydrogens is 383 g/mol. The van der Waals surface area contributed by atoms with Crippen LogP contribution in [0.25, 0.3) is 0 Å². The van der Waals surface area contributed by atoms with Crippen LogP contribution in [0.4, 0.5) is 0 Å². The molecule has 0 amide bonds. The Balaban J connectivity index is 0.000000433. The summed E-state index contributed by atoms with van der Waals surface area (Å²) in [5.74, 6) is 0. The summed E-state index contributed by atoms with van der Waals surface area (Å²) in [6, 6.07) is 10.6. The Morgan fingerprint density at radius 2 is 1.09 bits per heavy atom. The van der Waals surface area contributed by atoms with Gasteiger partial charge in [-0.25, -0.2) is 0 Å². The first kappa shape index (κ1) is 23.0. The van der Waals surface area contributed by atoms with Gasteiger partial charge in [0.25, 0.3) is 0 Å². The zero-order chi connectivity index (χ0) is 17.6. The molecule has 0 heterocycles. The van der Waals surface area contributed by atoms with E-state index >= 15 is 0 Å². The van der Waals surface area contributed by atoms with E-state index in [-0.39, 0.29) is 0 Å². The molecule has 23 heavy (non-hydrogen) atoms. The second-order valence-corrected chi connectivity index (χ2v) is 17.8. The van der Waals surface area contributed by atoms with E-state index in [1.54, 1.807) is 13.3 Å². The third-order valence-electron chi connectivity index (χ3n) is 4.54. The van der Waals surface area contributed by atoms with Crippen LogP contribution in [0.5, 0.6) is 0 Å². The second kappa shape index (κ2) is 14.4. The summed E-state index contributed by atoms with van der Waals surface area (Å²) in [5.41, 5.74) is 1.69. The summed E-state index contributed by atoms with van der Waals surface area (Å²) in [7, 11) is 0. The van der Waals surface area contributed by atoms with Gasteiger partial charge in [-0.05, 0) is 11.0 Å². The predicted molar refractivity (Wildman–Crippen MR) is 111 cm³/mol. The molecule has 0 nitrogen and oxygen atoms in total. The normalized spacial score (nSPS) is 11.3. The molecule has 0 saturated carbocycles. The molecule has 0 fully saturated rings. The maximum absolute atomic E-state index is 2.34. The number of unbranched alkanes of at least 4 members (excludes halogenated alkanes) is 3. The van der Waals surface area contributed by atoms with Crippen LogP contribution < -0.4 is 0 Å². The monoisotopic (exact) mass is 426 g/mol. The summed E-state index contributed by atoms with van der Waals surface area (Å²) in [4.78, 5) is 0. The van der Waals surface area contributed by atoms with Crippen molar-refractivity contribution in [3.63, 3.8) is 0 Å². The van der Waals surface area contributed by atoms with Crippen LogP contribution >= 0.6 is 0 Å². The van der Waals surface area contributed by atoms with Crippen LogP contribution in [0.1, 0.15) is 85.6 Å². The molecule has 0 aromatic heterocycles. The van der Waals surface area contributed by atoms with Gasteiger partial charge in [-0.15, -0.1) is 0 Å². The first-order chi connectivity index (χ1) is 11.0. The Morgan fingerprint density at radius 3 is 1.35 bits per heavy atom. The van der Waals surface area contributed by atoms with E-state index in [9.17, 15) is 0 Å². The van der Waals surface area contributed by atoms with Crippen LogP contribution in [-0.4, -0.2) is 19.8 Å². The fourth-order valence-electron chi connectivity index (χ4n) is 2.85. The molecule has 0 atom stereocenters. The van der Waals surface area contributed by atoms with E-state index in [2.05, 4.69) is 71.9 Å². The average molecular weight is 425 g/mol. The van der Waals surface area contributed by atoms with Gasteiger partial charge in [-0.2, -0.15) is 0 Å². The molecular formula is C22H42Sn. The van der Waals surface area contributed by atoms with Crippen molar-refractivity contribution in [3.05, 3.63) is 35.9 Å². The van der Waals surface area contributed by atoms with Crippen LogP contribution in [0.15, 0.2) is 30.3 Å². The van der Waals surface area contributed by atoms with E-state index in [0.717, 1.165) is 0 Å². The topological polar surface area (TPSA) is 0 Å². The van der Waals surface area contributed by atoms with Gasteiger partial charge in [0.05, 0.1) is 0 Å². The van der Waals surface area contributed by atoms with Gasteiger partial charge in [0.15, 0.2) is 0 Å². The van der Waals surface area contributed by atoms with Gasteiger partial charge < -0.3 is 0 Å². The fourth-order valence-corrected chi connectivity index (χ4v) is 13.8. The molecule has 0 N–H and O–H groups in total. The van der Waals surface area contributed by atoms with Crippen LogP contribution in [0.3, 0.4) is 0 Å². The van der Waals surface area contributed by atoms with Gasteiger partial charge >= 0.3 is 92.4 Å². The first-order valence-electron chi connectivity index (χ1n) is 10.0. The van der Waals surface area contributed by atoms with Crippen LogP contribution in [0, 0.1) is 0 Å². The van der Waals surface area contributed by atoms with Gasteiger partial charge in [0.2, 0.25) is 0 Å². The van der Waals surface area contributed by atoms with Gasteiger partial charge in [-0.3, -0.25) is 0 Å². The first-order valence-corrected chi connectivity index (χ1v) is 17.0.